The molecule has 0 saturated heterocycles. The van der Waals surface area contributed by atoms with Crippen molar-refractivity contribution in [2.24, 2.45) is 56.2 Å². The first-order chi connectivity index (χ1) is 23.7. The summed E-state index contributed by atoms with van der Waals surface area (Å²) < 4.78 is 6.16. The Hall–Kier alpha value is -2.58. The number of nitrogens with zero attached hydrogens (tertiary/aromatic N) is 1. The number of rotatable bonds is 10. The number of carboxylic acid groups (broad SMARTS) is 1. The number of nitrogens with one attached hydrogen (secondary N) is 1. The van der Waals surface area contributed by atoms with Crippen molar-refractivity contribution in [2.75, 3.05) is 6.54 Å². The highest BCUT2D eigenvalue weighted by molar-refractivity contribution is 6.00. The van der Waals surface area contributed by atoms with Crippen molar-refractivity contribution >= 4 is 17.7 Å². The van der Waals surface area contributed by atoms with Crippen molar-refractivity contribution in [1.29, 1.82) is 0 Å². The number of hydrogen-bond donors (Lipinski definition) is 3. The summed E-state index contributed by atoms with van der Waals surface area (Å²) in [6.45, 7) is 20.6. The van der Waals surface area contributed by atoms with Crippen molar-refractivity contribution in [3.63, 3.8) is 0 Å². The summed E-state index contributed by atoms with van der Waals surface area (Å²) >= 11 is 0. The second-order valence-electron chi connectivity index (χ2n) is 19.5. The number of esters is 1. The second kappa shape index (κ2) is 13.1. The SMILES string of the molecule is CC(C)C1=C2C3CC[C@@H]4[C@@]5(C)CC[C@H](OC(=O)CC(C)(C)C(=O)O)C(C)(C)[C@@H]5CC[C@@]4(C)[C@]3(C)CC[C@@]2(C(O)CNCc2ccccn2)CC1=O. The Kier molecular flexibility index (Phi) is 9.78. The zero-order valence-electron chi connectivity index (χ0n) is 32.7. The number of hydrogen-bond acceptors (Lipinski definition) is 7. The molecule has 3 N–H and O–H groups in total. The Balaban J connectivity index is 1.26. The number of aliphatic carboxylic acids is 1. The maximum Gasteiger partial charge on any atom is 0.309 e. The largest absolute Gasteiger partial charge is 0.481 e. The van der Waals surface area contributed by atoms with Crippen LogP contribution < -0.4 is 5.32 Å². The average Bonchev–Trinajstić information content (AvgIpc) is 3.36. The van der Waals surface area contributed by atoms with Gasteiger partial charge in [0.1, 0.15) is 6.10 Å². The van der Waals surface area contributed by atoms with Gasteiger partial charge in [-0.2, -0.15) is 0 Å². The van der Waals surface area contributed by atoms with Gasteiger partial charge in [-0.15, -0.1) is 0 Å². The van der Waals surface area contributed by atoms with E-state index in [1.165, 1.54) is 5.57 Å². The summed E-state index contributed by atoms with van der Waals surface area (Å²) in [5, 5.41) is 25.2. The molecule has 0 aromatic carbocycles. The van der Waals surface area contributed by atoms with E-state index in [2.05, 4.69) is 58.8 Å². The van der Waals surface area contributed by atoms with Gasteiger partial charge >= 0.3 is 11.9 Å². The summed E-state index contributed by atoms with van der Waals surface area (Å²) in [6, 6.07) is 5.87. The average molecular weight is 705 g/mol. The van der Waals surface area contributed by atoms with E-state index in [4.69, 9.17) is 4.74 Å². The molecule has 0 radical (unpaired) electrons. The van der Waals surface area contributed by atoms with Crippen LogP contribution in [0.2, 0.25) is 0 Å². The number of allylic oxidation sites excluding steroid dienone is 1. The number of ether oxygens (including phenoxy) is 1. The molecule has 8 nitrogen and oxygen atoms in total. The number of pyridine rings is 1. The third-order valence-electron chi connectivity index (χ3n) is 15.9. The molecule has 0 spiro atoms. The minimum Gasteiger partial charge on any atom is -0.481 e. The van der Waals surface area contributed by atoms with Crippen molar-refractivity contribution in [1.82, 2.24) is 10.3 Å². The minimum absolute atomic E-state index is 0.00946. The summed E-state index contributed by atoms with van der Waals surface area (Å²) in [6.07, 6.45) is 8.99. The van der Waals surface area contributed by atoms with Crippen LogP contribution >= 0.6 is 0 Å². The zero-order chi connectivity index (χ0) is 37.4. The molecular formula is C43H64N2O6. The van der Waals surface area contributed by atoms with Crippen LogP contribution in [-0.2, 0) is 25.7 Å². The standard InChI is InChI=1S/C43H64N2O6/c1-26(2)35-29(46)22-43(32(47)25-44-24-27-12-10-11-21-45-27)20-19-41(8)28(36(35)43)13-14-31-40(7)17-16-33(51-34(48)23-38(3,4)37(49)50)39(5,6)30(40)15-18-42(31,41)9/h10-12,21,26,28,30-33,44,47H,13-20,22-25H2,1-9H3,(H,49,50)/t28?,30-,31+,32?,33-,40-,41+,42+,43-/m0/s1. The lowest BCUT2D eigenvalue weighted by molar-refractivity contribution is -0.235. The minimum atomic E-state index is -1.16. The Morgan fingerprint density at radius 3 is 2.35 bits per heavy atom. The maximum absolute atomic E-state index is 14.0. The number of ketones is 1. The van der Waals surface area contributed by atoms with E-state index in [1.807, 2.05) is 18.2 Å². The normalized spacial score (nSPS) is 38.0. The van der Waals surface area contributed by atoms with E-state index in [0.29, 0.717) is 31.3 Å². The van der Waals surface area contributed by atoms with Crippen LogP contribution in [0.4, 0.5) is 0 Å². The van der Waals surface area contributed by atoms with Gasteiger partial charge in [0.05, 0.1) is 23.6 Å². The fraction of sp³-hybridized carbons (Fsp3) is 0.767. The summed E-state index contributed by atoms with van der Waals surface area (Å²) in [5.41, 5.74) is 1.40. The van der Waals surface area contributed by atoms with Crippen molar-refractivity contribution in [3.05, 3.63) is 41.2 Å². The van der Waals surface area contributed by atoms with Gasteiger partial charge < -0.3 is 20.3 Å². The van der Waals surface area contributed by atoms with E-state index < -0.39 is 28.9 Å². The lowest BCUT2D eigenvalue weighted by atomic mass is 9.33. The van der Waals surface area contributed by atoms with Crippen molar-refractivity contribution < 1.29 is 29.3 Å². The van der Waals surface area contributed by atoms with Crippen molar-refractivity contribution in [2.45, 2.75) is 145 Å². The molecule has 4 fully saturated rings. The number of carbonyl (C=O) groups is 3. The van der Waals surface area contributed by atoms with Gasteiger partial charge in [-0.1, -0.05) is 60.1 Å². The van der Waals surface area contributed by atoms with Crippen LogP contribution in [0.3, 0.4) is 0 Å². The van der Waals surface area contributed by atoms with Crippen molar-refractivity contribution in [3.8, 4) is 0 Å². The molecular weight excluding hydrogens is 640 g/mol. The van der Waals surface area contributed by atoms with Gasteiger partial charge in [0.25, 0.3) is 0 Å². The molecule has 6 rings (SSSR count). The summed E-state index contributed by atoms with van der Waals surface area (Å²) in [7, 11) is 0. The molecule has 1 aromatic rings. The highest BCUT2D eigenvalue weighted by Gasteiger charge is 2.70. The van der Waals surface area contributed by atoms with Gasteiger partial charge in [0, 0.05) is 36.5 Å². The van der Waals surface area contributed by atoms with Gasteiger partial charge in [0.15, 0.2) is 5.78 Å². The monoisotopic (exact) mass is 704 g/mol. The number of aliphatic hydroxyl groups excluding tert-OH is 1. The molecule has 9 atom stereocenters. The number of fused-ring (bicyclic) bond motifs is 7. The van der Waals surface area contributed by atoms with E-state index in [1.54, 1.807) is 20.0 Å². The Morgan fingerprint density at radius 1 is 0.980 bits per heavy atom. The highest BCUT2D eigenvalue weighted by Crippen LogP contribution is 2.77. The van der Waals surface area contributed by atoms with E-state index >= 15 is 0 Å². The number of aromatic nitrogens is 1. The fourth-order valence-corrected chi connectivity index (χ4v) is 12.9. The van der Waals surface area contributed by atoms with Crippen LogP contribution in [0.25, 0.3) is 0 Å². The molecule has 5 aliphatic rings. The molecule has 0 amide bonds. The van der Waals surface area contributed by atoms with Crippen LogP contribution in [0.5, 0.6) is 0 Å². The van der Waals surface area contributed by atoms with E-state index in [-0.39, 0.29) is 51.8 Å². The van der Waals surface area contributed by atoms with E-state index in [0.717, 1.165) is 62.6 Å². The molecule has 8 heteroatoms. The fourth-order valence-electron chi connectivity index (χ4n) is 12.9. The third kappa shape index (κ3) is 5.93. The molecule has 51 heavy (non-hydrogen) atoms. The number of carbonyl (C=O) groups excluding carboxylic acids is 2. The Bertz CT molecular complexity index is 1570. The molecule has 4 saturated carbocycles. The first-order valence-corrected chi connectivity index (χ1v) is 19.7. The van der Waals surface area contributed by atoms with Crippen LogP contribution in [0.1, 0.15) is 132 Å². The van der Waals surface area contributed by atoms with Crippen LogP contribution in [0, 0.1) is 56.2 Å². The van der Waals surface area contributed by atoms with Gasteiger partial charge in [-0.25, -0.2) is 0 Å². The highest BCUT2D eigenvalue weighted by atomic mass is 16.5. The Labute approximate surface area is 306 Å². The second-order valence-corrected chi connectivity index (χ2v) is 19.5. The predicted molar refractivity (Wildman–Crippen MR) is 197 cm³/mol. The van der Waals surface area contributed by atoms with E-state index in [9.17, 15) is 24.6 Å². The third-order valence-corrected chi connectivity index (χ3v) is 15.9. The molecule has 0 bridgehead atoms. The summed E-state index contributed by atoms with van der Waals surface area (Å²) in [5.74, 6) is 0.0552. The van der Waals surface area contributed by atoms with Crippen LogP contribution in [0.15, 0.2) is 35.5 Å². The molecule has 282 valence electrons. The topological polar surface area (TPSA) is 126 Å². The molecule has 1 heterocycles. The molecule has 0 aliphatic heterocycles. The van der Waals surface area contributed by atoms with Gasteiger partial charge in [-0.05, 0) is 123 Å². The maximum atomic E-state index is 14.0. The van der Waals surface area contributed by atoms with Gasteiger partial charge in [-0.3, -0.25) is 19.4 Å². The number of carboxylic acids is 1. The molecule has 1 aromatic heterocycles. The first kappa shape index (κ1) is 38.2. The zero-order valence-corrected chi connectivity index (χ0v) is 32.7. The Morgan fingerprint density at radius 2 is 1.71 bits per heavy atom. The lowest BCUT2D eigenvalue weighted by Crippen LogP contribution is -2.66. The van der Waals surface area contributed by atoms with Gasteiger partial charge in [0.2, 0.25) is 0 Å². The number of Topliss-reactive ketones (excluding diaryl/α,β-unsaturated/α-hetero) is 1. The lowest BCUT2D eigenvalue weighted by Gasteiger charge is -2.72. The van der Waals surface area contributed by atoms with Crippen LogP contribution in [-0.4, -0.2) is 51.7 Å². The first-order valence-electron chi connectivity index (χ1n) is 19.7. The molecule has 5 aliphatic carbocycles. The molecule has 2 unspecified atom stereocenters. The quantitative estimate of drug-likeness (QED) is 0.210. The summed E-state index contributed by atoms with van der Waals surface area (Å²) in [4.78, 5) is 43.2. The predicted octanol–water partition coefficient (Wildman–Crippen LogP) is 7.93. The smallest absolute Gasteiger partial charge is 0.309 e. The number of aliphatic hydroxyl groups is 1.